The molecule has 1 aromatic carbocycles. The van der Waals surface area contributed by atoms with Crippen molar-refractivity contribution in [3.05, 3.63) is 33.9 Å². The second-order valence-electron chi connectivity index (χ2n) is 5.13. The maximum atomic E-state index is 11.0. The van der Waals surface area contributed by atoms with Crippen LogP contribution in [0.15, 0.2) is 18.2 Å². The van der Waals surface area contributed by atoms with Gasteiger partial charge in [0.05, 0.1) is 12.0 Å². The predicted octanol–water partition coefficient (Wildman–Crippen LogP) is 1.35. The molecule has 0 atom stereocenters. The van der Waals surface area contributed by atoms with Gasteiger partial charge in [0.2, 0.25) is 5.91 Å². The van der Waals surface area contributed by atoms with Crippen LogP contribution in [0.1, 0.15) is 25.8 Å². The molecule has 0 saturated heterocycles. The first-order valence-corrected chi connectivity index (χ1v) is 6.10. The predicted molar refractivity (Wildman–Crippen MR) is 74.4 cm³/mol. The zero-order valence-electron chi connectivity index (χ0n) is 11.8. The lowest BCUT2D eigenvalue weighted by Gasteiger charge is -2.25. The number of rotatable bonds is 7. The standard InChI is InChI=1S/C13H19N3O4/c1-13(2,7-12(14)17)15-8-9-6-10(16(18)19)4-5-11(9)20-3/h4-6,15H,7-8H2,1-3H3,(H2,14,17). The smallest absolute Gasteiger partial charge is 0.270 e. The molecule has 7 heteroatoms. The summed E-state index contributed by atoms with van der Waals surface area (Å²) in [6.45, 7) is 4.01. The first-order chi connectivity index (χ1) is 9.25. The van der Waals surface area contributed by atoms with Crippen molar-refractivity contribution >= 4 is 11.6 Å². The number of primary amides is 1. The van der Waals surface area contributed by atoms with Crippen molar-refractivity contribution in [2.75, 3.05) is 7.11 Å². The van der Waals surface area contributed by atoms with Gasteiger partial charge in [0.15, 0.2) is 0 Å². The third kappa shape index (κ3) is 4.51. The molecule has 0 aliphatic heterocycles. The minimum Gasteiger partial charge on any atom is -0.496 e. The molecule has 1 aromatic rings. The quantitative estimate of drug-likeness (QED) is 0.579. The van der Waals surface area contributed by atoms with E-state index in [1.54, 1.807) is 6.07 Å². The summed E-state index contributed by atoms with van der Waals surface area (Å²) in [6.07, 6.45) is 0.171. The van der Waals surface area contributed by atoms with Crippen LogP contribution in [0, 0.1) is 10.1 Å². The Balaban J connectivity index is 2.87. The molecule has 0 fully saturated rings. The highest BCUT2D eigenvalue weighted by Crippen LogP contribution is 2.24. The van der Waals surface area contributed by atoms with Crippen LogP contribution in [0.25, 0.3) is 0 Å². The zero-order valence-corrected chi connectivity index (χ0v) is 11.8. The fraction of sp³-hybridized carbons (Fsp3) is 0.462. The number of nitro groups is 1. The van der Waals surface area contributed by atoms with E-state index in [4.69, 9.17) is 10.5 Å². The van der Waals surface area contributed by atoms with E-state index in [1.807, 2.05) is 13.8 Å². The Morgan fingerprint density at radius 2 is 2.15 bits per heavy atom. The minimum absolute atomic E-state index is 0.00435. The number of nitrogens with zero attached hydrogens (tertiary/aromatic N) is 1. The van der Waals surface area contributed by atoms with Gasteiger partial charge in [-0.3, -0.25) is 14.9 Å². The molecule has 0 aliphatic rings. The Morgan fingerprint density at radius 1 is 1.50 bits per heavy atom. The summed E-state index contributed by atoms with van der Waals surface area (Å²) >= 11 is 0. The molecular weight excluding hydrogens is 262 g/mol. The van der Waals surface area contributed by atoms with Crippen molar-refractivity contribution in [2.24, 2.45) is 5.73 Å². The van der Waals surface area contributed by atoms with Crippen LogP contribution >= 0.6 is 0 Å². The topological polar surface area (TPSA) is 107 Å². The van der Waals surface area contributed by atoms with Gasteiger partial charge in [0.25, 0.3) is 5.69 Å². The number of carbonyl (C=O) groups excluding carboxylic acids is 1. The van der Waals surface area contributed by atoms with E-state index in [0.29, 0.717) is 17.9 Å². The average molecular weight is 281 g/mol. The molecule has 0 saturated carbocycles. The molecule has 0 aromatic heterocycles. The summed E-state index contributed by atoms with van der Waals surface area (Å²) < 4.78 is 5.17. The Morgan fingerprint density at radius 3 is 2.65 bits per heavy atom. The monoisotopic (exact) mass is 281 g/mol. The highest BCUT2D eigenvalue weighted by Gasteiger charge is 2.21. The van der Waals surface area contributed by atoms with Crippen LogP contribution in [-0.4, -0.2) is 23.5 Å². The van der Waals surface area contributed by atoms with Gasteiger partial charge in [0.1, 0.15) is 5.75 Å². The fourth-order valence-corrected chi connectivity index (χ4v) is 1.85. The lowest BCUT2D eigenvalue weighted by Crippen LogP contribution is -2.42. The van der Waals surface area contributed by atoms with E-state index in [1.165, 1.54) is 19.2 Å². The minimum atomic E-state index is -0.499. The maximum Gasteiger partial charge on any atom is 0.270 e. The number of non-ortho nitro benzene ring substituents is 1. The summed E-state index contributed by atoms with van der Waals surface area (Å²) in [6, 6.07) is 4.39. The van der Waals surface area contributed by atoms with E-state index in [0.717, 1.165) is 0 Å². The van der Waals surface area contributed by atoms with Crippen LogP contribution in [0.5, 0.6) is 5.75 Å². The number of methoxy groups -OCH3 is 1. The number of nitrogens with one attached hydrogen (secondary N) is 1. The van der Waals surface area contributed by atoms with E-state index in [2.05, 4.69) is 5.32 Å². The Bertz CT molecular complexity index is 514. The number of nitro benzene ring substituents is 1. The molecule has 1 amide bonds. The number of ether oxygens (including phenoxy) is 1. The second-order valence-corrected chi connectivity index (χ2v) is 5.13. The Labute approximate surface area is 117 Å². The SMILES string of the molecule is COc1ccc([N+](=O)[O-])cc1CNC(C)(C)CC(N)=O. The van der Waals surface area contributed by atoms with Crippen molar-refractivity contribution in [3.63, 3.8) is 0 Å². The first-order valence-electron chi connectivity index (χ1n) is 6.10. The highest BCUT2D eigenvalue weighted by molar-refractivity contribution is 5.75. The van der Waals surface area contributed by atoms with Gasteiger partial charge in [-0.25, -0.2) is 0 Å². The van der Waals surface area contributed by atoms with Crippen LogP contribution < -0.4 is 15.8 Å². The van der Waals surface area contributed by atoms with Gasteiger partial charge < -0.3 is 15.8 Å². The van der Waals surface area contributed by atoms with Gasteiger partial charge in [-0.05, 0) is 19.9 Å². The summed E-state index contributed by atoms with van der Waals surface area (Å²) in [4.78, 5) is 21.3. The molecule has 0 bridgehead atoms. The largest absolute Gasteiger partial charge is 0.496 e. The third-order valence-corrected chi connectivity index (χ3v) is 2.85. The molecule has 3 N–H and O–H groups in total. The second kappa shape index (κ2) is 6.33. The molecule has 110 valence electrons. The lowest BCUT2D eigenvalue weighted by molar-refractivity contribution is -0.384. The fourth-order valence-electron chi connectivity index (χ4n) is 1.85. The summed E-state index contributed by atoms with van der Waals surface area (Å²) in [5.74, 6) is 0.145. The average Bonchev–Trinajstić information content (AvgIpc) is 2.34. The first kappa shape index (κ1) is 15.9. The summed E-state index contributed by atoms with van der Waals surface area (Å²) in [5.41, 5.74) is 5.32. The number of benzene rings is 1. The normalized spacial score (nSPS) is 11.2. The molecule has 7 nitrogen and oxygen atoms in total. The highest BCUT2D eigenvalue weighted by atomic mass is 16.6. The molecule has 0 spiro atoms. The Kier molecular flexibility index (Phi) is 5.04. The van der Waals surface area contributed by atoms with E-state index in [9.17, 15) is 14.9 Å². The van der Waals surface area contributed by atoms with Crippen molar-refractivity contribution in [1.82, 2.24) is 5.32 Å². The number of hydrogen-bond acceptors (Lipinski definition) is 5. The Hall–Kier alpha value is -2.15. The molecule has 0 radical (unpaired) electrons. The van der Waals surface area contributed by atoms with Gasteiger partial charge in [-0.15, -0.1) is 0 Å². The molecular formula is C13H19N3O4. The van der Waals surface area contributed by atoms with E-state index in [-0.39, 0.29) is 12.1 Å². The lowest BCUT2D eigenvalue weighted by atomic mass is 9.99. The molecule has 20 heavy (non-hydrogen) atoms. The van der Waals surface area contributed by atoms with Gasteiger partial charge >= 0.3 is 0 Å². The summed E-state index contributed by atoms with van der Waals surface area (Å²) in [5, 5.41) is 13.9. The summed E-state index contributed by atoms with van der Waals surface area (Å²) in [7, 11) is 1.50. The molecule has 0 unspecified atom stereocenters. The number of amides is 1. The van der Waals surface area contributed by atoms with Crippen LogP contribution in [-0.2, 0) is 11.3 Å². The molecule has 0 aliphatic carbocycles. The van der Waals surface area contributed by atoms with Crippen molar-refractivity contribution in [3.8, 4) is 5.75 Å². The van der Waals surface area contributed by atoms with Crippen molar-refractivity contribution in [1.29, 1.82) is 0 Å². The molecule has 1 rings (SSSR count). The third-order valence-electron chi connectivity index (χ3n) is 2.85. The van der Waals surface area contributed by atoms with Crippen LogP contribution in [0.3, 0.4) is 0 Å². The maximum absolute atomic E-state index is 11.0. The van der Waals surface area contributed by atoms with Gasteiger partial charge in [0, 0.05) is 36.2 Å². The molecule has 0 heterocycles. The van der Waals surface area contributed by atoms with Crippen molar-refractivity contribution in [2.45, 2.75) is 32.4 Å². The zero-order chi connectivity index (χ0) is 15.3. The van der Waals surface area contributed by atoms with Crippen LogP contribution in [0.4, 0.5) is 5.69 Å². The van der Waals surface area contributed by atoms with Crippen LogP contribution in [0.2, 0.25) is 0 Å². The van der Waals surface area contributed by atoms with Gasteiger partial charge in [-0.2, -0.15) is 0 Å². The number of carbonyl (C=O) groups is 1. The van der Waals surface area contributed by atoms with E-state index >= 15 is 0 Å². The number of nitrogens with two attached hydrogens (primary N) is 1. The van der Waals surface area contributed by atoms with E-state index < -0.39 is 16.4 Å². The number of hydrogen-bond donors (Lipinski definition) is 2. The van der Waals surface area contributed by atoms with Gasteiger partial charge in [-0.1, -0.05) is 0 Å². The van der Waals surface area contributed by atoms with Crippen molar-refractivity contribution < 1.29 is 14.5 Å².